The van der Waals surface area contributed by atoms with Crippen LogP contribution in [0.25, 0.3) is 10.9 Å². The van der Waals surface area contributed by atoms with E-state index in [0.717, 1.165) is 17.4 Å². The second-order valence-corrected chi connectivity index (χ2v) is 4.02. The molecule has 0 radical (unpaired) electrons. The summed E-state index contributed by atoms with van der Waals surface area (Å²) in [6, 6.07) is 10.2. The maximum absolute atomic E-state index is 5.12. The van der Waals surface area contributed by atoms with Gasteiger partial charge < -0.3 is 14.8 Å². The van der Waals surface area contributed by atoms with Gasteiger partial charge in [-0.15, -0.1) is 0 Å². The van der Waals surface area contributed by atoms with Crippen LogP contribution in [-0.4, -0.2) is 32.0 Å². The fourth-order valence-corrected chi connectivity index (χ4v) is 1.90. The molecule has 2 rings (SSSR count). The van der Waals surface area contributed by atoms with Gasteiger partial charge in [-0.1, -0.05) is 24.3 Å². The van der Waals surface area contributed by atoms with E-state index in [1.165, 1.54) is 5.56 Å². The van der Waals surface area contributed by atoms with Crippen molar-refractivity contribution in [2.24, 2.45) is 0 Å². The maximum Gasteiger partial charge on any atom is 0.169 e. The Morgan fingerprint density at radius 3 is 2.72 bits per heavy atom. The third-order valence-electron chi connectivity index (χ3n) is 2.87. The van der Waals surface area contributed by atoms with E-state index in [0.29, 0.717) is 6.54 Å². The highest BCUT2D eigenvalue weighted by atomic mass is 16.7. The van der Waals surface area contributed by atoms with Crippen LogP contribution in [0.3, 0.4) is 0 Å². The van der Waals surface area contributed by atoms with Gasteiger partial charge in [-0.2, -0.15) is 0 Å². The molecular formula is C14H18N2O2. The van der Waals surface area contributed by atoms with Crippen LogP contribution in [0, 0.1) is 0 Å². The lowest BCUT2D eigenvalue weighted by molar-refractivity contribution is -0.0988. The molecular weight excluding hydrogens is 228 g/mol. The molecule has 96 valence electrons. The van der Waals surface area contributed by atoms with Crippen molar-refractivity contribution in [1.82, 2.24) is 10.3 Å². The lowest BCUT2D eigenvalue weighted by atomic mass is 10.1. The predicted molar refractivity (Wildman–Crippen MR) is 71.3 cm³/mol. The quantitative estimate of drug-likeness (QED) is 0.791. The van der Waals surface area contributed by atoms with Gasteiger partial charge in [0.05, 0.1) is 5.52 Å². The first kappa shape index (κ1) is 13.0. The first-order valence-corrected chi connectivity index (χ1v) is 5.94. The van der Waals surface area contributed by atoms with Crippen molar-refractivity contribution in [2.45, 2.75) is 12.8 Å². The minimum Gasteiger partial charge on any atom is -0.355 e. The minimum atomic E-state index is -0.215. The zero-order valence-electron chi connectivity index (χ0n) is 10.7. The number of ether oxygens (including phenoxy) is 2. The summed E-state index contributed by atoms with van der Waals surface area (Å²) in [5.74, 6) is 0. The molecule has 0 aliphatic heterocycles. The number of nitrogens with one attached hydrogen (secondary N) is 1. The molecule has 4 heteroatoms. The van der Waals surface area contributed by atoms with Gasteiger partial charge >= 0.3 is 0 Å². The Morgan fingerprint density at radius 2 is 1.94 bits per heavy atom. The Morgan fingerprint density at radius 1 is 1.17 bits per heavy atom. The average Bonchev–Trinajstić information content (AvgIpc) is 2.44. The van der Waals surface area contributed by atoms with Crippen molar-refractivity contribution in [3.63, 3.8) is 0 Å². The molecule has 4 nitrogen and oxygen atoms in total. The molecule has 0 bridgehead atoms. The summed E-state index contributed by atoms with van der Waals surface area (Å²) in [6.45, 7) is 1.40. The van der Waals surface area contributed by atoms with Crippen molar-refractivity contribution in [1.29, 1.82) is 0 Å². The number of rotatable bonds is 6. The summed E-state index contributed by atoms with van der Waals surface area (Å²) in [6.07, 6.45) is 1.60. The highest BCUT2D eigenvalue weighted by Gasteiger charge is 2.05. The number of aromatic nitrogens is 1. The molecule has 0 saturated carbocycles. The molecule has 1 aromatic carbocycles. The molecule has 18 heavy (non-hydrogen) atoms. The number of fused-ring (bicyclic) bond motifs is 1. The van der Waals surface area contributed by atoms with Crippen molar-refractivity contribution < 1.29 is 9.47 Å². The molecule has 2 aromatic rings. The van der Waals surface area contributed by atoms with Crippen LogP contribution < -0.4 is 5.32 Å². The van der Waals surface area contributed by atoms with Crippen molar-refractivity contribution >= 4 is 10.9 Å². The van der Waals surface area contributed by atoms with Gasteiger partial charge in [0.1, 0.15) is 0 Å². The van der Waals surface area contributed by atoms with E-state index in [4.69, 9.17) is 9.47 Å². The van der Waals surface area contributed by atoms with Gasteiger partial charge in [0.25, 0.3) is 0 Å². The van der Waals surface area contributed by atoms with Gasteiger partial charge in [-0.25, -0.2) is 0 Å². The van der Waals surface area contributed by atoms with Crippen LogP contribution in [-0.2, 0) is 16.0 Å². The summed E-state index contributed by atoms with van der Waals surface area (Å²) >= 11 is 0. The Balaban J connectivity index is 2.03. The predicted octanol–water partition coefficient (Wildman–Crippen LogP) is 1.94. The number of hydrogen-bond acceptors (Lipinski definition) is 4. The van der Waals surface area contributed by atoms with E-state index in [1.54, 1.807) is 14.2 Å². The number of pyridine rings is 1. The highest BCUT2D eigenvalue weighted by molar-refractivity contribution is 5.81. The van der Waals surface area contributed by atoms with E-state index in [1.807, 2.05) is 18.3 Å². The van der Waals surface area contributed by atoms with Crippen molar-refractivity contribution in [3.05, 3.63) is 42.1 Å². The van der Waals surface area contributed by atoms with Crippen LogP contribution >= 0.6 is 0 Å². The molecule has 0 aliphatic carbocycles. The normalized spacial score (nSPS) is 11.3. The van der Waals surface area contributed by atoms with E-state index in [9.17, 15) is 0 Å². The van der Waals surface area contributed by atoms with Gasteiger partial charge in [0, 0.05) is 38.9 Å². The maximum atomic E-state index is 5.12. The lowest BCUT2D eigenvalue weighted by Gasteiger charge is -2.14. The summed E-state index contributed by atoms with van der Waals surface area (Å²) in [5.41, 5.74) is 2.22. The monoisotopic (exact) mass is 246 g/mol. The zero-order chi connectivity index (χ0) is 12.8. The molecule has 1 N–H and O–H groups in total. The Bertz CT molecular complexity index is 493. The Labute approximate surface area is 107 Å². The summed E-state index contributed by atoms with van der Waals surface area (Å²) in [7, 11) is 3.27. The minimum absolute atomic E-state index is 0.215. The number of methoxy groups -OCH3 is 2. The van der Waals surface area contributed by atoms with E-state index < -0.39 is 0 Å². The average molecular weight is 246 g/mol. The fourth-order valence-electron chi connectivity index (χ4n) is 1.90. The molecule has 0 amide bonds. The third-order valence-corrected chi connectivity index (χ3v) is 2.87. The number of para-hydroxylation sites is 1. The second-order valence-electron chi connectivity index (χ2n) is 4.02. The lowest BCUT2D eigenvalue weighted by Crippen LogP contribution is -2.29. The fraction of sp³-hybridized carbons (Fsp3) is 0.357. The molecule has 0 unspecified atom stereocenters. The van der Waals surface area contributed by atoms with E-state index >= 15 is 0 Å². The number of benzene rings is 1. The van der Waals surface area contributed by atoms with Crippen molar-refractivity contribution in [2.75, 3.05) is 20.8 Å². The molecule has 1 aromatic heterocycles. The van der Waals surface area contributed by atoms with Gasteiger partial charge in [0.2, 0.25) is 0 Å². The van der Waals surface area contributed by atoms with Crippen LogP contribution in [0.5, 0.6) is 0 Å². The molecule has 0 aliphatic rings. The first-order valence-electron chi connectivity index (χ1n) is 5.94. The van der Waals surface area contributed by atoms with Crippen molar-refractivity contribution in [3.8, 4) is 0 Å². The Hall–Kier alpha value is -1.49. The van der Waals surface area contributed by atoms with Crippen LogP contribution in [0.1, 0.15) is 5.56 Å². The third kappa shape index (κ3) is 3.04. The van der Waals surface area contributed by atoms with E-state index in [2.05, 4.69) is 28.5 Å². The molecule has 0 spiro atoms. The Kier molecular flexibility index (Phi) is 4.64. The molecule has 0 fully saturated rings. The smallest absolute Gasteiger partial charge is 0.169 e. The van der Waals surface area contributed by atoms with Gasteiger partial charge in [-0.05, 0) is 11.6 Å². The highest BCUT2D eigenvalue weighted by Crippen LogP contribution is 2.15. The summed E-state index contributed by atoms with van der Waals surface area (Å²) < 4.78 is 10.2. The summed E-state index contributed by atoms with van der Waals surface area (Å²) in [4.78, 5) is 4.42. The standard InChI is InChI=1S/C14H18N2O2/c1-17-13(18-2)10-15-9-12-6-3-5-11-7-4-8-16-14(11)12/h3-8,13,15H,9-10H2,1-2H3. The molecule has 1 heterocycles. The second kappa shape index (κ2) is 6.44. The van der Waals surface area contributed by atoms with Gasteiger partial charge in [0.15, 0.2) is 6.29 Å². The van der Waals surface area contributed by atoms with Gasteiger partial charge in [-0.3, -0.25) is 4.98 Å². The zero-order valence-corrected chi connectivity index (χ0v) is 10.7. The van der Waals surface area contributed by atoms with E-state index in [-0.39, 0.29) is 6.29 Å². The topological polar surface area (TPSA) is 43.4 Å². The summed E-state index contributed by atoms with van der Waals surface area (Å²) in [5, 5.41) is 4.46. The van der Waals surface area contributed by atoms with Crippen LogP contribution in [0.15, 0.2) is 36.5 Å². The molecule has 0 saturated heterocycles. The van der Waals surface area contributed by atoms with Crippen LogP contribution in [0.2, 0.25) is 0 Å². The SMILES string of the molecule is COC(CNCc1cccc2cccnc12)OC. The van der Waals surface area contributed by atoms with Crippen LogP contribution in [0.4, 0.5) is 0 Å². The number of hydrogen-bond donors (Lipinski definition) is 1. The number of nitrogens with zero attached hydrogens (tertiary/aromatic N) is 1. The largest absolute Gasteiger partial charge is 0.355 e. The molecule has 0 atom stereocenters. The first-order chi connectivity index (χ1) is 8.85.